The lowest BCUT2D eigenvalue weighted by Crippen LogP contribution is -2.22. The summed E-state index contributed by atoms with van der Waals surface area (Å²) in [4.78, 5) is 12.4. The predicted octanol–water partition coefficient (Wildman–Crippen LogP) is 2.24. The quantitative estimate of drug-likeness (QED) is 0.777. The van der Waals surface area contributed by atoms with Crippen LogP contribution in [-0.2, 0) is 10.0 Å². The molecule has 0 aliphatic carbocycles. The summed E-state index contributed by atoms with van der Waals surface area (Å²) in [6.07, 6.45) is 0. The van der Waals surface area contributed by atoms with Crippen molar-refractivity contribution >= 4 is 21.5 Å². The number of carbonyl (C=O) groups excluding carboxylic acids is 1. The number of nitrogens with one attached hydrogen (secondary N) is 1. The van der Waals surface area contributed by atoms with E-state index in [1.165, 1.54) is 26.2 Å². The number of hydrogen-bond donors (Lipinski definition) is 1. The second-order valence-electron chi connectivity index (χ2n) is 5.32. The number of methoxy groups -OCH3 is 1. The first-order valence-electron chi connectivity index (χ1n) is 7.28. The Morgan fingerprint density at radius 3 is 2.50 bits per heavy atom. The van der Waals surface area contributed by atoms with E-state index >= 15 is 0 Å². The summed E-state index contributed by atoms with van der Waals surface area (Å²) in [5, 5.41) is 3.01. The largest absolute Gasteiger partial charge is 0.497 e. The van der Waals surface area contributed by atoms with Crippen molar-refractivity contribution in [3.05, 3.63) is 54.1 Å². The Morgan fingerprint density at radius 2 is 1.83 bits per heavy atom. The summed E-state index contributed by atoms with van der Waals surface area (Å²) in [6, 6.07) is 13.3. The molecule has 0 spiro atoms. The number of hydrogen-bond acceptors (Lipinski definition) is 5. The van der Waals surface area contributed by atoms with E-state index in [0.29, 0.717) is 11.3 Å². The molecule has 0 fully saturated rings. The molecule has 24 heavy (non-hydrogen) atoms. The van der Waals surface area contributed by atoms with Gasteiger partial charge in [0.05, 0.1) is 18.6 Å². The summed E-state index contributed by atoms with van der Waals surface area (Å²) in [5.41, 5.74) is 1.09. The molecule has 0 saturated carbocycles. The summed E-state index contributed by atoms with van der Waals surface area (Å²) < 4.78 is 30.5. The molecule has 0 saturated heterocycles. The van der Waals surface area contributed by atoms with Gasteiger partial charge < -0.3 is 10.1 Å². The fourth-order valence-electron chi connectivity index (χ4n) is 2.06. The van der Waals surface area contributed by atoms with Crippen molar-refractivity contribution < 1.29 is 17.9 Å². The van der Waals surface area contributed by atoms with Gasteiger partial charge in [-0.1, -0.05) is 18.2 Å². The van der Waals surface area contributed by atoms with Crippen molar-refractivity contribution in [2.24, 2.45) is 0 Å². The average molecular weight is 348 g/mol. The lowest BCUT2D eigenvalue weighted by Gasteiger charge is -2.12. The first kappa shape index (κ1) is 18.0. The highest BCUT2D eigenvalue weighted by molar-refractivity contribution is 7.89. The third-order valence-electron chi connectivity index (χ3n) is 3.46. The molecule has 7 heteroatoms. The lowest BCUT2D eigenvalue weighted by atomic mass is 10.1. The van der Waals surface area contributed by atoms with Crippen molar-refractivity contribution in [3.63, 3.8) is 0 Å². The zero-order valence-corrected chi connectivity index (χ0v) is 14.6. The fourth-order valence-corrected chi connectivity index (χ4v) is 3.01. The Bertz CT molecular complexity index is 832. The van der Waals surface area contributed by atoms with Crippen LogP contribution < -0.4 is 10.1 Å². The van der Waals surface area contributed by atoms with E-state index in [1.54, 1.807) is 25.3 Å². The van der Waals surface area contributed by atoms with E-state index in [4.69, 9.17) is 4.74 Å². The van der Waals surface area contributed by atoms with Gasteiger partial charge in [0.2, 0.25) is 10.0 Å². The fraction of sp³-hybridized carbons (Fsp3) is 0.235. The van der Waals surface area contributed by atoms with Crippen LogP contribution in [0.25, 0.3) is 0 Å². The Hall–Kier alpha value is -2.38. The van der Waals surface area contributed by atoms with Gasteiger partial charge in [0, 0.05) is 31.4 Å². The van der Waals surface area contributed by atoms with Gasteiger partial charge in [0.1, 0.15) is 5.75 Å². The van der Waals surface area contributed by atoms with Crippen molar-refractivity contribution in [1.82, 2.24) is 4.31 Å². The molecule has 0 heterocycles. The van der Waals surface area contributed by atoms with E-state index in [2.05, 4.69) is 5.32 Å². The van der Waals surface area contributed by atoms with Crippen molar-refractivity contribution in [2.75, 3.05) is 33.1 Å². The molecule has 0 unspecified atom stereocenters. The number of benzene rings is 2. The number of ketones is 1. The summed E-state index contributed by atoms with van der Waals surface area (Å²) in [7, 11) is 0.911. The second-order valence-corrected chi connectivity index (χ2v) is 7.48. The molecule has 0 aromatic heterocycles. The predicted molar refractivity (Wildman–Crippen MR) is 93.1 cm³/mol. The van der Waals surface area contributed by atoms with Crippen LogP contribution in [0.15, 0.2) is 53.4 Å². The average Bonchev–Trinajstić information content (AvgIpc) is 2.59. The van der Waals surface area contributed by atoms with Crippen molar-refractivity contribution in [2.45, 2.75) is 4.90 Å². The van der Waals surface area contributed by atoms with Gasteiger partial charge in [0.25, 0.3) is 0 Å². The SMILES string of the molecule is COc1cccc(NCC(=O)c2cccc(S(=O)(=O)N(C)C)c2)c1. The zero-order chi connectivity index (χ0) is 17.7. The first-order valence-corrected chi connectivity index (χ1v) is 8.72. The first-order chi connectivity index (χ1) is 11.3. The highest BCUT2D eigenvalue weighted by Crippen LogP contribution is 2.18. The van der Waals surface area contributed by atoms with E-state index in [1.807, 2.05) is 18.2 Å². The Kier molecular flexibility index (Phi) is 5.58. The molecule has 2 aromatic rings. The molecule has 0 amide bonds. The normalized spacial score (nSPS) is 11.3. The number of carbonyl (C=O) groups is 1. The van der Waals surface area contributed by atoms with Crippen LogP contribution in [0.4, 0.5) is 5.69 Å². The monoisotopic (exact) mass is 348 g/mol. The van der Waals surface area contributed by atoms with E-state index in [9.17, 15) is 13.2 Å². The number of sulfonamides is 1. The Balaban J connectivity index is 2.13. The number of Topliss-reactive ketones (excluding diaryl/α,β-unsaturated/α-hetero) is 1. The van der Waals surface area contributed by atoms with Crippen LogP contribution in [0.5, 0.6) is 5.75 Å². The smallest absolute Gasteiger partial charge is 0.242 e. The topological polar surface area (TPSA) is 75.7 Å². The van der Waals surface area contributed by atoms with Crippen LogP contribution in [0.2, 0.25) is 0 Å². The molecule has 0 bridgehead atoms. The van der Waals surface area contributed by atoms with Gasteiger partial charge in [-0.15, -0.1) is 0 Å². The number of rotatable bonds is 7. The molecule has 0 aliphatic rings. The standard InChI is InChI=1S/C17H20N2O4S/c1-19(2)24(21,22)16-9-4-6-13(10-16)17(20)12-18-14-7-5-8-15(11-14)23-3/h4-11,18H,12H2,1-3H3. The number of anilines is 1. The summed E-state index contributed by atoms with van der Waals surface area (Å²) in [6.45, 7) is 0.0542. The molecule has 128 valence electrons. The Morgan fingerprint density at radius 1 is 1.12 bits per heavy atom. The maximum Gasteiger partial charge on any atom is 0.242 e. The molecule has 0 atom stereocenters. The van der Waals surface area contributed by atoms with Crippen molar-refractivity contribution in [1.29, 1.82) is 0 Å². The van der Waals surface area contributed by atoms with E-state index in [-0.39, 0.29) is 17.2 Å². The summed E-state index contributed by atoms with van der Waals surface area (Å²) >= 11 is 0. The molecule has 2 rings (SSSR count). The van der Waals surface area contributed by atoms with Crippen LogP contribution in [-0.4, -0.2) is 46.3 Å². The van der Waals surface area contributed by atoms with E-state index in [0.717, 1.165) is 9.99 Å². The molecule has 6 nitrogen and oxygen atoms in total. The molecular formula is C17H20N2O4S. The molecule has 0 radical (unpaired) electrons. The molecular weight excluding hydrogens is 328 g/mol. The minimum absolute atomic E-state index is 0.0542. The van der Waals surface area contributed by atoms with Crippen LogP contribution in [0, 0.1) is 0 Å². The molecule has 2 aromatic carbocycles. The van der Waals surface area contributed by atoms with Crippen LogP contribution >= 0.6 is 0 Å². The van der Waals surface area contributed by atoms with Gasteiger partial charge in [-0.05, 0) is 24.3 Å². The van der Waals surface area contributed by atoms with Crippen LogP contribution in [0.3, 0.4) is 0 Å². The maximum absolute atomic E-state index is 12.3. The van der Waals surface area contributed by atoms with E-state index < -0.39 is 10.0 Å². The second kappa shape index (κ2) is 7.46. The van der Waals surface area contributed by atoms with Gasteiger partial charge in [-0.25, -0.2) is 12.7 Å². The highest BCUT2D eigenvalue weighted by Gasteiger charge is 2.18. The van der Waals surface area contributed by atoms with Crippen molar-refractivity contribution in [3.8, 4) is 5.75 Å². The highest BCUT2D eigenvalue weighted by atomic mass is 32.2. The van der Waals surface area contributed by atoms with Gasteiger partial charge >= 0.3 is 0 Å². The summed E-state index contributed by atoms with van der Waals surface area (Å²) in [5.74, 6) is 0.486. The van der Waals surface area contributed by atoms with Gasteiger partial charge in [0.15, 0.2) is 5.78 Å². The maximum atomic E-state index is 12.3. The van der Waals surface area contributed by atoms with Gasteiger partial charge in [-0.2, -0.15) is 0 Å². The minimum atomic E-state index is -3.56. The number of nitrogens with zero attached hydrogens (tertiary/aromatic N) is 1. The lowest BCUT2D eigenvalue weighted by molar-refractivity contribution is 0.101. The molecule has 0 aliphatic heterocycles. The number of ether oxygens (including phenoxy) is 1. The zero-order valence-electron chi connectivity index (χ0n) is 13.8. The van der Waals surface area contributed by atoms with Crippen LogP contribution in [0.1, 0.15) is 10.4 Å². The van der Waals surface area contributed by atoms with Gasteiger partial charge in [-0.3, -0.25) is 4.79 Å². The third-order valence-corrected chi connectivity index (χ3v) is 5.27. The molecule has 1 N–H and O–H groups in total. The minimum Gasteiger partial charge on any atom is -0.497 e. The Labute approximate surface area is 142 Å². The third kappa shape index (κ3) is 4.12.